The van der Waals surface area contributed by atoms with Gasteiger partial charge in [0.2, 0.25) is 4.77 Å². The maximum atomic E-state index is 12.6. The number of pyridine rings is 1. The Kier molecular flexibility index (Phi) is 6.39. The molecule has 2 aromatic heterocycles. The molecule has 1 aromatic carbocycles. The first kappa shape index (κ1) is 20.8. The second-order valence-electron chi connectivity index (χ2n) is 6.00. The molecular formula is C17H16Cl2F2N4O2S. The van der Waals surface area contributed by atoms with Crippen molar-refractivity contribution in [3.63, 3.8) is 0 Å². The summed E-state index contributed by atoms with van der Waals surface area (Å²) in [4.78, 5) is 1.91. The van der Waals surface area contributed by atoms with Gasteiger partial charge in [0.25, 0.3) is 0 Å². The smallest absolute Gasteiger partial charge is 0.387 e. The van der Waals surface area contributed by atoms with Crippen LogP contribution in [0.3, 0.4) is 0 Å². The Balaban J connectivity index is 1.80. The van der Waals surface area contributed by atoms with Gasteiger partial charge in [-0.15, -0.1) is 5.10 Å². The van der Waals surface area contributed by atoms with Gasteiger partial charge in [-0.1, -0.05) is 29.3 Å². The minimum Gasteiger partial charge on any atom is -0.493 e. The lowest BCUT2D eigenvalue weighted by atomic mass is 10.2. The van der Waals surface area contributed by atoms with Gasteiger partial charge in [-0.2, -0.15) is 8.78 Å². The number of hydrogen-bond acceptors (Lipinski definition) is 5. The molecule has 0 aliphatic rings. The van der Waals surface area contributed by atoms with Crippen molar-refractivity contribution in [1.29, 1.82) is 0 Å². The van der Waals surface area contributed by atoms with E-state index in [4.69, 9.17) is 40.2 Å². The van der Waals surface area contributed by atoms with Crippen molar-refractivity contribution in [2.75, 3.05) is 14.2 Å². The van der Waals surface area contributed by atoms with Crippen LogP contribution in [-0.4, -0.2) is 39.9 Å². The summed E-state index contributed by atoms with van der Waals surface area (Å²) in [6.07, 6.45) is 1.64. The van der Waals surface area contributed by atoms with Crippen molar-refractivity contribution in [2.45, 2.75) is 19.8 Å². The van der Waals surface area contributed by atoms with Crippen molar-refractivity contribution in [3.8, 4) is 11.5 Å². The quantitative estimate of drug-likeness (QED) is 0.482. The van der Waals surface area contributed by atoms with Crippen molar-refractivity contribution < 1.29 is 18.3 Å². The highest BCUT2D eigenvalue weighted by Crippen LogP contribution is 2.30. The monoisotopic (exact) mass is 448 g/mol. The molecule has 6 nitrogen and oxygen atoms in total. The van der Waals surface area contributed by atoms with Crippen LogP contribution in [0.15, 0.2) is 30.5 Å². The molecule has 3 rings (SSSR count). The molecule has 28 heavy (non-hydrogen) atoms. The molecule has 0 saturated carbocycles. The Morgan fingerprint density at radius 2 is 2.00 bits per heavy atom. The number of methoxy groups -OCH3 is 1. The standard InChI is InChI=1S/C17H16Cl2F2N4O2S/c1-23(7-10-3-4-13(26-2)14(5-10)27-16(20)21)9-25-17(28)24-8-11(18)6-12(19)15(24)22-25/h3-6,8,16H,7,9H2,1-2H3. The molecule has 0 atom stereocenters. The predicted molar refractivity (Wildman–Crippen MR) is 105 cm³/mol. The average Bonchev–Trinajstić information content (AvgIpc) is 2.91. The van der Waals surface area contributed by atoms with Gasteiger partial charge in [-0.25, -0.2) is 4.68 Å². The molecule has 0 saturated heterocycles. The largest absolute Gasteiger partial charge is 0.493 e. The van der Waals surface area contributed by atoms with E-state index in [-0.39, 0.29) is 11.5 Å². The van der Waals surface area contributed by atoms with E-state index in [1.165, 1.54) is 13.2 Å². The molecule has 0 aliphatic carbocycles. The third kappa shape index (κ3) is 4.54. The zero-order chi connectivity index (χ0) is 20.4. The molecule has 0 amide bonds. The summed E-state index contributed by atoms with van der Waals surface area (Å²) in [6, 6.07) is 6.46. The van der Waals surface area contributed by atoms with Crippen LogP contribution in [0.1, 0.15) is 5.56 Å². The van der Waals surface area contributed by atoms with Crippen molar-refractivity contribution in [2.24, 2.45) is 0 Å². The Morgan fingerprint density at radius 3 is 2.68 bits per heavy atom. The first-order valence-electron chi connectivity index (χ1n) is 8.03. The van der Waals surface area contributed by atoms with E-state index in [2.05, 4.69) is 9.84 Å². The molecule has 0 fully saturated rings. The number of fused-ring (bicyclic) bond motifs is 1. The molecular weight excluding hydrogens is 433 g/mol. The van der Waals surface area contributed by atoms with E-state index in [0.717, 1.165) is 5.56 Å². The van der Waals surface area contributed by atoms with Crippen LogP contribution in [-0.2, 0) is 13.2 Å². The Morgan fingerprint density at radius 1 is 1.25 bits per heavy atom. The van der Waals surface area contributed by atoms with Crippen LogP contribution in [0.25, 0.3) is 5.65 Å². The molecule has 3 aromatic rings. The lowest BCUT2D eigenvalue weighted by Crippen LogP contribution is -2.22. The molecule has 0 aliphatic heterocycles. The van der Waals surface area contributed by atoms with E-state index in [1.807, 2.05) is 11.9 Å². The first-order valence-corrected chi connectivity index (χ1v) is 9.19. The lowest BCUT2D eigenvalue weighted by Gasteiger charge is -2.18. The van der Waals surface area contributed by atoms with Gasteiger partial charge in [0.15, 0.2) is 17.1 Å². The molecule has 0 bridgehead atoms. The molecule has 0 spiro atoms. The van der Waals surface area contributed by atoms with Crippen LogP contribution >= 0.6 is 35.4 Å². The molecule has 11 heteroatoms. The summed E-state index contributed by atoms with van der Waals surface area (Å²) < 4.78 is 38.4. The minimum absolute atomic E-state index is 0.0193. The summed E-state index contributed by atoms with van der Waals surface area (Å²) in [6.45, 7) is -2.14. The average molecular weight is 449 g/mol. The van der Waals surface area contributed by atoms with E-state index >= 15 is 0 Å². The number of hydrogen-bond donors (Lipinski definition) is 0. The van der Waals surface area contributed by atoms with Gasteiger partial charge in [-0.3, -0.25) is 9.30 Å². The molecule has 0 radical (unpaired) electrons. The Labute approximate surface area is 174 Å². The van der Waals surface area contributed by atoms with Gasteiger partial charge in [0.05, 0.1) is 23.8 Å². The third-order valence-corrected chi connectivity index (χ3v) is 4.77. The first-order chi connectivity index (χ1) is 13.3. The molecule has 0 unspecified atom stereocenters. The zero-order valence-electron chi connectivity index (χ0n) is 14.9. The second-order valence-corrected chi connectivity index (χ2v) is 7.21. The fourth-order valence-corrected chi connectivity index (χ4v) is 3.48. The van der Waals surface area contributed by atoms with E-state index in [1.54, 1.807) is 33.5 Å². The third-order valence-electron chi connectivity index (χ3n) is 3.87. The second kappa shape index (κ2) is 8.60. The Bertz CT molecular complexity index is 1060. The maximum Gasteiger partial charge on any atom is 0.387 e. The predicted octanol–water partition coefficient (Wildman–Crippen LogP) is 4.87. The topological polar surface area (TPSA) is 43.9 Å². The lowest BCUT2D eigenvalue weighted by molar-refractivity contribution is -0.0512. The van der Waals surface area contributed by atoms with Gasteiger partial charge < -0.3 is 9.47 Å². The molecule has 0 N–H and O–H groups in total. The van der Waals surface area contributed by atoms with Crippen LogP contribution in [0.5, 0.6) is 11.5 Å². The maximum absolute atomic E-state index is 12.6. The summed E-state index contributed by atoms with van der Waals surface area (Å²) in [5.74, 6) is 0.218. The highest BCUT2D eigenvalue weighted by atomic mass is 35.5. The minimum atomic E-state index is -2.94. The van der Waals surface area contributed by atoms with Crippen molar-refractivity contribution in [3.05, 3.63) is 50.8 Å². The fraction of sp³-hybridized carbons (Fsp3) is 0.294. The number of aromatic nitrogens is 3. The van der Waals surface area contributed by atoms with Gasteiger partial charge in [-0.05, 0) is 43.0 Å². The van der Waals surface area contributed by atoms with Gasteiger partial charge >= 0.3 is 6.61 Å². The zero-order valence-corrected chi connectivity index (χ0v) is 17.2. The summed E-state index contributed by atoms with van der Waals surface area (Å²) in [5, 5.41) is 5.26. The van der Waals surface area contributed by atoms with E-state index < -0.39 is 6.61 Å². The number of nitrogens with zero attached hydrogens (tertiary/aromatic N) is 4. The summed E-state index contributed by atoms with van der Waals surface area (Å²) in [5.41, 5.74) is 1.26. The number of benzene rings is 1. The molecule has 150 valence electrons. The summed E-state index contributed by atoms with van der Waals surface area (Å²) in [7, 11) is 3.24. The van der Waals surface area contributed by atoms with Crippen LogP contribution in [0.4, 0.5) is 8.78 Å². The van der Waals surface area contributed by atoms with Gasteiger partial charge in [0, 0.05) is 12.7 Å². The normalized spacial score (nSPS) is 11.6. The highest BCUT2D eigenvalue weighted by molar-refractivity contribution is 7.71. The fourth-order valence-electron chi connectivity index (χ4n) is 2.74. The van der Waals surface area contributed by atoms with Gasteiger partial charge in [0.1, 0.15) is 0 Å². The van der Waals surface area contributed by atoms with Crippen LogP contribution in [0, 0.1) is 4.77 Å². The summed E-state index contributed by atoms with van der Waals surface area (Å²) >= 11 is 17.6. The number of halogens is 4. The van der Waals surface area contributed by atoms with E-state index in [9.17, 15) is 8.78 Å². The molecule has 2 heterocycles. The number of rotatable bonds is 7. The number of alkyl halides is 2. The van der Waals surface area contributed by atoms with Crippen LogP contribution in [0.2, 0.25) is 10.0 Å². The van der Waals surface area contributed by atoms with Crippen LogP contribution < -0.4 is 9.47 Å². The SMILES string of the molecule is COc1ccc(CN(C)Cn2nc3c(Cl)cc(Cl)cn3c2=S)cc1OC(F)F. The van der Waals surface area contributed by atoms with Crippen molar-refractivity contribution in [1.82, 2.24) is 19.1 Å². The Hall–Kier alpha value is -1.94. The van der Waals surface area contributed by atoms with E-state index in [0.29, 0.717) is 33.7 Å². The number of ether oxygens (including phenoxy) is 2. The highest BCUT2D eigenvalue weighted by Gasteiger charge is 2.14. The van der Waals surface area contributed by atoms with Crippen molar-refractivity contribution >= 4 is 41.1 Å².